The van der Waals surface area contributed by atoms with Crippen molar-refractivity contribution in [1.29, 1.82) is 0 Å². The van der Waals surface area contributed by atoms with Crippen LogP contribution in [0.4, 0.5) is 0 Å². The maximum atomic E-state index is 10.9. The Hall–Kier alpha value is -2.19. The molecule has 0 rings (SSSR count). The lowest BCUT2D eigenvalue weighted by Crippen LogP contribution is -2.31. The average Bonchev–Trinajstić information content (AvgIpc) is 2.51. The van der Waals surface area contributed by atoms with Crippen molar-refractivity contribution in [3.63, 3.8) is 0 Å². The van der Waals surface area contributed by atoms with Gasteiger partial charge in [-0.2, -0.15) is 0 Å². The van der Waals surface area contributed by atoms with Crippen LogP contribution < -0.4 is 11.1 Å². The Morgan fingerprint density at radius 1 is 1.00 bits per heavy atom. The molecule has 144 valence electrons. The van der Waals surface area contributed by atoms with Crippen LogP contribution in [0, 0.1) is 11.8 Å². The fourth-order valence-corrected chi connectivity index (χ4v) is 0.585. The molecule has 25 heavy (non-hydrogen) atoms. The SMILES string of the molecule is C=C(C)C(=O)Cl.C=C(C)C(=O)NCC(C)C(=O)O.CC(CN)C(=O)O. The third-order valence-electron chi connectivity index (χ3n) is 2.49. The molecule has 0 aliphatic carbocycles. The van der Waals surface area contributed by atoms with Crippen LogP contribution in [-0.4, -0.2) is 46.4 Å². The molecule has 0 saturated heterocycles. The van der Waals surface area contributed by atoms with Gasteiger partial charge in [0.2, 0.25) is 11.1 Å². The van der Waals surface area contributed by atoms with E-state index < -0.39 is 29.0 Å². The van der Waals surface area contributed by atoms with Gasteiger partial charge in [0.05, 0.1) is 11.8 Å². The van der Waals surface area contributed by atoms with Gasteiger partial charge in [-0.15, -0.1) is 0 Å². The van der Waals surface area contributed by atoms with Crippen LogP contribution >= 0.6 is 11.6 Å². The Labute approximate surface area is 152 Å². The number of allylic oxidation sites excluding steroid dienone is 1. The number of carbonyl (C=O) groups is 4. The molecule has 0 saturated carbocycles. The summed E-state index contributed by atoms with van der Waals surface area (Å²) in [7, 11) is 0. The summed E-state index contributed by atoms with van der Waals surface area (Å²) in [6.07, 6.45) is 0. The first kappa shape index (κ1) is 27.6. The van der Waals surface area contributed by atoms with Crippen LogP contribution in [0.5, 0.6) is 0 Å². The zero-order chi connectivity index (χ0) is 20.7. The smallest absolute Gasteiger partial charge is 0.308 e. The zero-order valence-corrected chi connectivity index (χ0v) is 15.7. The van der Waals surface area contributed by atoms with E-state index in [2.05, 4.69) is 18.5 Å². The number of nitrogens with one attached hydrogen (secondary N) is 1. The molecule has 8 nitrogen and oxygen atoms in total. The number of carboxylic acids is 2. The van der Waals surface area contributed by atoms with E-state index in [1.165, 1.54) is 6.92 Å². The third kappa shape index (κ3) is 19.8. The number of nitrogens with two attached hydrogens (primary N) is 1. The van der Waals surface area contributed by atoms with Crippen molar-refractivity contribution < 1.29 is 29.4 Å². The molecule has 2 unspecified atom stereocenters. The Morgan fingerprint density at radius 2 is 1.36 bits per heavy atom. The van der Waals surface area contributed by atoms with E-state index in [4.69, 9.17) is 27.5 Å². The summed E-state index contributed by atoms with van der Waals surface area (Å²) in [5.74, 6) is -3.02. The molecule has 2 atom stereocenters. The maximum absolute atomic E-state index is 10.9. The Morgan fingerprint density at radius 3 is 1.52 bits per heavy atom. The number of aliphatic carboxylic acids is 2. The second-order valence-corrected chi connectivity index (χ2v) is 5.60. The van der Waals surface area contributed by atoms with Gasteiger partial charge in [0, 0.05) is 24.2 Å². The van der Waals surface area contributed by atoms with Gasteiger partial charge >= 0.3 is 11.9 Å². The molecule has 0 radical (unpaired) electrons. The highest BCUT2D eigenvalue weighted by Crippen LogP contribution is 1.93. The van der Waals surface area contributed by atoms with E-state index in [1.807, 2.05) is 0 Å². The van der Waals surface area contributed by atoms with E-state index in [0.29, 0.717) is 11.1 Å². The van der Waals surface area contributed by atoms with Crippen molar-refractivity contribution in [2.24, 2.45) is 17.6 Å². The van der Waals surface area contributed by atoms with E-state index in [0.717, 1.165) is 0 Å². The van der Waals surface area contributed by atoms with Gasteiger partial charge in [-0.05, 0) is 25.4 Å². The summed E-state index contributed by atoms with van der Waals surface area (Å²) in [5.41, 5.74) is 5.76. The Bertz CT molecular complexity index is 493. The van der Waals surface area contributed by atoms with Gasteiger partial charge in [-0.25, -0.2) is 0 Å². The molecule has 0 aromatic heterocycles. The lowest BCUT2D eigenvalue weighted by molar-refractivity contribution is -0.141. The average molecular weight is 379 g/mol. The molecule has 0 bridgehead atoms. The highest BCUT2D eigenvalue weighted by molar-refractivity contribution is 6.67. The van der Waals surface area contributed by atoms with Crippen molar-refractivity contribution in [2.45, 2.75) is 27.7 Å². The van der Waals surface area contributed by atoms with Gasteiger partial charge in [-0.1, -0.05) is 27.0 Å². The summed E-state index contributed by atoms with van der Waals surface area (Å²) in [6, 6.07) is 0. The number of hydrogen-bond acceptors (Lipinski definition) is 5. The van der Waals surface area contributed by atoms with E-state index in [1.54, 1.807) is 20.8 Å². The fraction of sp³-hybridized carbons (Fsp3) is 0.500. The van der Waals surface area contributed by atoms with E-state index in [9.17, 15) is 19.2 Å². The minimum Gasteiger partial charge on any atom is -0.481 e. The second kappa shape index (κ2) is 15.3. The van der Waals surface area contributed by atoms with Crippen molar-refractivity contribution in [3.05, 3.63) is 24.3 Å². The van der Waals surface area contributed by atoms with E-state index >= 15 is 0 Å². The molecule has 0 aliphatic rings. The first-order valence-electron chi connectivity index (χ1n) is 7.22. The first-order valence-corrected chi connectivity index (χ1v) is 7.60. The van der Waals surface area contributed by atoms with Crippen LogP contribution in [0.3, 0.4) is 0 Å². The van der Waals surface area contributed by atoms with Crippen LogP contribution in [0.2, 0.25) is 0 Å². The quantitative estimate of drug-likeness (QED) is 0.386. The minimum absolute atomic E-state index is 0.140. The van der Waals surface area contributed by atoms with Gasteiger partial charge < -0.3 is 21.3 Å². The van der Waals surface area contributed by atoms with Crippen LogP contribution in [-0.2, 0) is 19.2 Å². The number of carboxylic acid groups (broad SMARTS) is 2. The standard InChI is InChI=1S/C8H13NO3.C4H5ClO.C4H9NO2/c1-5(2)7(10)9-4-6(3)8(11)12;1-3(2)4(5)6;1-3(2-5)4(6)7/h6H,1,4H2,2-3H3,(H,9,10)(H,11,12);1H2,2H3;3H,2,5H2,1H3,(H,6,7). The highest BCUT2D eigenvalue weighted by atomic mass is 35.5. The van der Waals surface area contributed by atoms with Gasteiger partial charge in [0.1, 0.15) is 0 Å². The monoisotopic (exact) mass is 378 g/mol. The number of amides is 1. The Balaban J connectivity index is -0.000000317. The summed E-state index contributed by atoms with van der Waals surface area (Å²) in [4.78, 5) is 40.8. The van der Waals surface area contributed by atoms with Crippen molar-refractivity contribution in [1.82, 2.24) is 5.32 Å². The third-order valence-corrected chi connectivity index (χ3v) is 2.81. The molecule has 9 heteroatoms. The molecular weight excluding hydrogens is 352 g/mol. The molecule has 0 fully saturated rings. The van der Waals surface area contributed by atoms with Crippen molar-refractivity contribution >= 4 is 34.7 Å². The van der Waals surface area contributed by atoms with Crippen LogP contribution in [0.1, 0.15) is 27.7 Å². The highest BCUT2D eigenvalue weighted by Gasteiger charge is 2.11. The number of halogens is 1. The summed E-state index contributed by atoms with van der Waals surface area (Å²) in [6.45, 7) is 13.3. The first-order chi connectivity index (χ1) is 11.3. The van der Waals surface area contributed by atoms with Gasteiger partial charge in [-0.3, -0.25) is 19.2 Å². The zero-order valence-electron chi connectivity index (χ0n) is 15.0. The molecule has 0 aromatic rings. The second-order valence-electron chi connectivity index (χ2n) is 5.26. The maximum Gasteiger partial charge on any atom is 0.308 e. The summed E-state index contributed by atoms with van der Waals surface area (Å²) in [5, 5.41) is 18.5. The molecule has 0 aromatic carbocycles. The minimum atomic E-state index is -0.919. The molecular formula is C16H27ClN2O6. The predicted molar refractivity (Wildman–Crippen MR) is 96.2 cm³/mol. The Kier molecular flexibility index (Phi) is 17.0. The van der Waals surface area contributed by atoms with E-state index in [-0.39, 0.29) is 19.0 Å². The van der Waals surface area contributed by atoms with Crippen LogP contribution in [0.25, 0.3) is 0 Å². The summed E-state index contributed by atoms with van der Waals surface area (Å²) < 4.78 is 0. The lowest BCUT2D eigenvalue weighted by Gasteiger charge is -2.07. The predicted octanol–water partition coefficient (Wildman–Crippen LogP) is 1.39. The van der Waals surface area contributed by atoms with Crippen LogP contribution in [0.15, 0.2) is 24.3 Å². The molecule has 5 N–H and O–H groups in total. The lowest BCUT2D eigenvalue weighted by atomic mass is 10.2. The molecule has 0 spiro atoms. The van der Waals surface area contributed by atoms with Gasteiger partial charge in [0.15, 0.2) is 0 Å². The number of rotatable bonds is 7. The molecule has 0 heterocycles. The van der Waals surface area contributed by atoms with Crippen molar-refractivity contribution in [3.8, 4) is 0 Å². The molecule has 1 amide bonds. The van der Waals surface area contributed by atoms with Crippen molar-refractivity contribution in [2.75, 3.05) is 13.1 Å². The molecule has 0 aliphatic heterocycles. The normalized spacial score (nSPS) is 11.3. The fourth-order valence-electron chi connectivity index (χ4n) is 0.585. The summed E-state index contributed by atoms with van der Waals surface area (Å²) >= 11 is 4.87. The van der Waals surface area contributed by atoms with Gasteiger partial charge in [0.25, 0.3) is 0 Å². The topological polar surface area (TPSA) is 147 Å². The number of carbonyl (C=O) groups excluding carboxylic acids is 2. The number of hydrogen-bond donors (Lipinski definition) is 4. The largest absolute Gasteiger partial charge is 0.481 e.